The van der Waals surface area contributed by atoms with Gasteiger partial charge in [0.25, 0.3) is 0 Å². The average molecular weight is 371 g/mol. The van der Waals surface area contributed by atoms with Crippen LogP contribution in [0.3, 0.4) is 0 Å². The fourth-order valence-electron chi connectivity index (χ4n) is 2.25. The Labute approximate surface area is 156 Å². The molecule has 0 radical (unpaired) electrons. The van der Waals surface area contributed by atoms with Gasteiger partial charge in [-0.1, -0.05) is 0 Å². The Hall–Kier alpha value is -2.58. The normalized spacial score (nSPS) is 11.5. The van der Waals surface area contributed by atoms with Crippen molar-refractivity contribution in [2.75, 3.05) is 13.7 Å². The number of hydrogen-bond donors (Lipinski definition) is 1. The second-order valence-corrected chi connectivity index (χ2v) is 7.44. The molecule has 0 saturated carbocycles. The van der Waals surface area contributed by atoms with Crippen molar-refractivity contribution < 1.29 is 9.53 Å². The molecule has 0 atom stereocenters. The van der Waals surface area contributed by atoms with Gasteiger partial charge in [0.1, 0.15) is 10.7 Å². The summed E-state index contributed by atoms with van der Waals surface area (Å²) in [6, 6.07) is 5.37. The number of rotatable bonds is 5. The van der Waals surface area contributed by atoms with E-state index in [0.29, 0.717) is 6.54 Å². The molecule has 3 aromatic rings. The molecule has 0 fully saturated rings. The lowest BCUT2D eigenvalue weighted by Gasteiger charge is -2.22. The molecule has 3 aromatic heterocycles. The molecule has 7 nitrogen and oxygen atoms in total. The van der Waals surface area contributed by atoms with Crippen molar-refractivity contribution in [2.45, 2.75) is 26.4 Å². The topological polar surface area (TPSA) is 81.9 Å². The van der Waals surface area contributed by atoms with Crippen LogP contribution in [0.25, 0.3) is 21.1 Å². The van der Waals surface area contributed by atoms with Crippen LogP contribution >= 0.6 is 11.3 Å². The molecular weight excluding hydrogens is 350 g/mol. The van der Waals surface area contributed by atoms with E-state index < -0.39 is 5.60 Å². The van der Waals surface area contributed by atoms with Gasteiger partial charge in [-0.15, -0.1) is 11.3 Å². The monoisotopic (exact) mass is 371 g/mol. The molecule has 0 saturated heterocycles. The summed E-state index contributed by atoms with van der Waals surface area (Å²) in [7, 11) is 1.62. The first kappa shape index (κ1) is 18.2. The van der Waals surface area contributed by atoms with Gasteiger partial charge < -0.3 is 10.1 Å². The quantitative estimate of drug-likeness (QED) is 0.744. The van der Waals surface area contributed by atoms with Gasteiger partial charge in [0.2, 0.25) is 0 Å². The third kappa shape index (κ3) is 3.97. The fraction of sp³-hybridized carbons (Fsp3) is 0.333. The molecular formula is C18H21N5O2S. The third-order valence-corrected chi connectivity index (χ3v) is 5.18. The first-order chi connectivity index (χ1) is 12.4. The number of pyridine rings is 1. The first-order valence-electron chi connectivity index (χ1n) is 8.17. The van der Waals surface area contributed by atoms with Crippen molar-refractivity contribution in [1.82, 2.24) is 25.1 Å². The van der Waals surface area contributed by atoms with E-state index in [1.54, 1.807) is 25.7 Å². The summed E-state index contributed by atoms with van der Waals surface area (Å²) in [6.07, 6.45) is 5.16. The highest BCUT2D eigenvalue weighted by Gasteiger charge is 2.19. The van der Waals surface area contributed by atoms with Crippen molar-refractivity contribution in [3.63, 3.8) is 0 Å². The fourth-order valence-corrected chi connectivity index (χ4v) is 3.27. The van der Waals surface area contributed by atoms with Crippen molar-refractivity contribution in [1.29, 1.82) is 0 Å². The summed E-state index contributed by atoms with van der Waals surface area (Å²) in [5.74, 6) is 0. The molecule has 0 spiro atoms. The average Bonchev–Trinajstić information content (AvgIpc) is 3.27. The molecule has 1 N–H and O–H groups in total. The van der Waals surface area contributed by atoms with Crippen LogP contribution in [-0.4, -0.2) is 45.0 Å². The highest BCUT2D eigenvalue weighted by Crippen LogP contribution is 2.33. The second-order valence-electron chi connectivity index (χ2n) is 6.44. The molecule has 8 heteroatoms. The van der Waals surface area contributed by atoms with Gasteiger partial charge in [-0.3, -0.25) is 4.98 Å². The Morgan fingerprint density at radius 1 is 1.38 bits per heavy atom. The lowest BCUT2D eigenvalue weighted by atomic mass is 10.1. The molecule has 0 aliphatic rings. The second kappa shape index (κ2) is 7.35. The van der Waals surface area contributed by atoms with E-state index in [1.165, 1.54) is 16.0 Å². The van der Waals surface area contributed by atoms with E-state index >= 15 is 0 Å². The summed E-state index contributed by atoms with van der Waals surface area (Å²) >= 11 is 1.53. The number of hydrogen-bond acceptors (Lipinski definition) is 6. The number of methoxy groups -OCH3 is 1. The number of ether oxygens (including phenoxy) is 1. The molecule has 0 aliphatic heterocycles. The minimum Gasteiger partial charge on any atom is -0.377 e. The maximum atomic E-state index is 12.3. The maximum Gasteiger partial charge on any atom is 0.342 e. The summed E-state index contributed by atoms with van der Waals surface area (Å²) < 4.78 is 6.60. The molecule has 0 aromatic carbocycles. The smallest absolute Gasteiger partial charge is 0.342 e. The zero-order chi connectivity index (χ0) is 18.7. The van der Waals surface area contributed by atoms with E-state index in [1.807, 2.05) is 39.0 Å². The van der Waals surface area contributed by atoms with Gasteiger partial charge in [0.05, 0.1) is 16.2 Å². The molecule has 0 aliphatic carbocycles. The van der Waals surface area contributed by atoms with E-state index in [4.69, 9.17) is 4.74 Å². The Balaban J connectivity index is 1.78. The van der Waals surface area contributed by atoms with E-state index in [2.05, 4.69) is 20.4 Å². The van der Waals surface area contributed by atoms with E-state index in [9.17, 15) is 4.79 Å². The molecule has 26 heavy (non-hydrogen) atoms. The molecule has 136 valence electrons. The van der Waals surface area contributed by atoms with Crippen LogP contribution in [0.4, 0.5) is 4.79 Å². The summed E-state index contributed by atoms with van der Waals surface area (Å²) in [6.45, 7) is 6.14. The highest BCUT2D eigenvalue weighted by molar-refractivity contribution is 7.18. The minimum absolute atomic E-state index is 0.295. The Morgan fingerprint density at radius 3 is 2.88 bits per heavy atom. The molecule has 0 unspecified atom stereocenters. The van der Waals surface area contributed by atoms with Crippen molar-refractivity contribution in [2.24, 2.45) is 0 Å². The summed E-state index contributed by atoms with van der Waals surface area (Å²) in [5, 5.41) is 8.09. The lowest BCUT2D eigenvalue weighted by Crippen LogP contribution is -2.41. The number of thiazole rings is 1. The van der Waals surface area contributed by atoms with Gasteiger partial charge >= 0.3 is 6.03 Å². The van der Waals surface area contributed by atoms with Crippen LogP contribution in [-0.2, 0) is 4.74 Å². The van der Waals surface area contributed by atoms with Gasteiger partial charge in [0.15, 0.2) is 0 Å². The number of carbonyl (C=O) groups excluding carboxylic acids is 1. The predicted molar refractivity (Wildman–Crippen MR) is 101 cm³/mol. The van der Waals surface area contributed by atoms with Crippen LogP contribution in [0.5, 0.6) is 0 Å². The maximum absolute atomic E-state index is 12.3. The van der Waals surface area contributed by atoms with E-state index in [0.717, 1.165) is 26.8 Å². The Morgan fingerprint density at radius 2 is 2.19 bits per heavy atom. The number of amides is 1. The van der Waals surface area contributed by atoms with Crippen LogP contribution in [0, 0.1) is 6.92 Å². The molecule has 0 bridgehead atoms. The predicted octanol–water partition coefficient (Wildman–Crippen LogP) is 3.36. The first-order valence-corrected chi connectivity index (χ1v) is 8.98. The largest absolute Gasteiger partial charge is 0.377 e. The summed E-state index contributed by atoms with van der Waals surface area (Å²) in [4.78, 5) is 21.9. The van der Waals surface area contributed by atoms with E-state index in [-0.39, 0.29) is 6.03 Å². The lowest BCUT2D eigenvalue weighted by molar-refractivity contribution is 0.0253. The van der Waals surface area contributed by atoms with Crippen molar-refractivity contribution in [3.8, 4) is 21.1 Å². The van der Waals surface area contributed by atoms with Gasteiger partial charge in [-0.05, 0) is 39.0 Å². The van der Waals surface area contributed by atoms with Gasteiger partial charge in [0, 0.05) is 37.8 Å². The standard InChI is InChI=1S/C18H21N5O2S/c1-12-15(26-16(21-12)13-6-5-8-19-10-13)14-7-9-23(22-14)17(24)20-11-18(2,3)25-4/h5-10H,11H2,1-4H3,(H,20,24). The van der Waals surface area contributed by atoms with Crippen LogP contribution < -0.4 is 5.32 Å². The number of nitrogens with zero attached hydrogens (tertiary/aromatic N) is 4. The number of aryl methyl sites for hydroxylation is 1. The highest BCUT2D eigenvalue weighted by atomic mass is 32.1. The van der Waals surface area contributed by atoms with Crippen molar-refractivity contribution >= 4 is 17.4 Å². The summed E-state index contributed by atoms with van der Waals surface area (Å²) in [5.41, 5.74) is 2.13. The van der Waals surface area contributed by atoms with Crippen LogP contribution in [0.1, 0.15) is 19.5 Å². The van der Waals surface area contributed by atoms with Gasteiger partial charge in [-0.2, -0.15) is 9.78 Å². The Bertz CT molecular complexity index is 901. The Kier molecular flexibility index (Phi) is 5.15. The molecule has 1 amide bonds. The van der Waals surface area contributed by atoms with Gasteiger partial charge in [-0.25, -0.2) is 9.78 Å². The number of nitrogens with one attached hydrogen (secondary N) is 1. The number of aromatic nitrogens is 4. The zero-order valence-electron chi connectivity index (χ0n) is 15.2. The van der Waals surface area contributed by atoms with Crippen molar-refractivity contribution in [3.05, 3.63) is 42.5 Å². The molecule has 3 heterocycles. The third-order valence-electron chi connectivity index (χ3n) is 3.95. The number of carbonyl (C=O) groups is 1. The molecule has 3 rings (SSSR count). The van der Waals surface area contributed by atoms with Crippen LogP contribution in [0.15, 0.2) is 36.8 Å². The van der Waals surface area contributed by atoms with Crippen LogP contribution in [0.2, 0.25) is 0 Å². The minimum atomic E-state index is -0.432. The SMILES string of the molecule is COC(C)(C)CNC(=O)n1ccc(-c2sc(-c3cccnc3)nc2C)n1. The zero-order valence-corrected chi connectivity index (χ0v) is 16.0.